The number of hydrogen-bond donors (Lipinski definition) is 1. The molecule has 1 unspecified atom stereocenters. The second-order valence-electron chi connectivity index (χ2n) is 3.26. The van der Waals surface area contributed by atoms with Crippen molar-refractivity contribution in [3.8, 4) is 5.75 Å². The summed E-state index contributed by atoms with van der Waals surface area (Å²) >= 11 is 0. The number of methoxy groups -OCH3 is 1. The van der Waals surface area contributed by atoms with Gasteiger partial charge in [-0.2, -0.15) is 0 Å². The molecule has 0 aliphatic rings. The average molecular weight is 215 g/mol. The summed E-state index contributed by atoms with van der Waals surface area (Å²) in [6, 6.07) is 6.82. The maximum absolute atomic E-state index is 12.8. The van der Waals surface area contributed by atoms with Crippen LogP contribution in [0, 0.1) is 0 Å². The lowest BCUT2D eigenvalue weighted by atomic mass is 9.95. The van der Waals surface area contributed by atoms with Crippen molar-refractivity contribution in [1.82, 2.24) is 0 Å². The van der Waals surface area contributed by atoms with Gasteiger partial charge in [0.1, 0.15) is 5.75 Å². The van der Waals surface area contributed by atoms with E-state index in [1.165, 1.54) is 7.11 Å². The molecule has 0 saturated carbocycles. The van der Waals surface area contributed by atoms with Gasteiger partial charge >= 0.3 is 0 Å². The van der Waals surface area contributed by atoms with E-state index in [4.69, 9.17) is 10.5 Å². The maximum atomic E-state index is 12.8. The van der Waals surface area contributed by atoms with Crippen molar-refractivity contribution in [2.75, 3.05) is 13.7 Å². The molecule has 1 aromatic carbocycles. The highest BCUT2D eigenvalue weighted by molar-refractivity contribution is 5.36. The Bertz CT molecular complexity index is 304. The van der Waals surface area contributed by atoms with Gasteiger partial charge in [-0.1, -0.05) is 18.2 Å². The second kappa shape index (κ2) is 5.66. The highest BCUT2D eigenvalue weighted by Crippen LogP contribution is 2.32. The van der Waals surface area contributed by atoms with Gasteiger partial charge in [-0.3, -0.25) is 0 Å². The van der Waals surface area contributed by atoms with E-state index in [1.54, 1.807) is 24.3 Å². The van der Waals surface area contributed by atoms with E-state index in [9.17, 15) is 8.78 Å². The SMILES string of the molecule is COc1ccccc1C(CCN)C(F)F. The molecule has 0 bridgehead atoms. The first kappa shape index (κ1) is 11.9. The first-order chi connectivity index (χ1) is 7.20. The van der Waals surface area contributed by atoms with Gasteiger partial charge in [0.2, 0.25) is 6.43 Å². The van der Waals surface area contributed by atoms with Crippen molar-refractivity contribution < 1.29 is 13.5 Å². The fraction of sp³-hybridized carbons (Fsp3) is 0.455. The minimum Gasteiger partial charge on any atom is -0.496 e. The molecule has 1 atom stereocenters. The first-order valence-electron chi connectivity index (χ1n) is 4.81. The van der Waals surface area contributed by atoms with Crippen LogP contribution in [0.2, 0.25) is 0 Å². The molecule has 4 heteroatoms. The zero-order valence-electron chi connectivity index (χ0n) is 8.62. The summed E-state index contributed by atoms with van der Waals surface area (Å²) in [7, 11) is 1.48. The standard InChI is InChI=1S/C11H15F2NO/c1-15-10-5-3-2-4-8(10)9(6-7-14)11(12)13/h2-5,9,11H,6-7,14H2,1H3. The van der Waals surface area contributed by atoms with Gasteiger partial charge in [0, 0.05) is 11.5 Å². The molecule has 0 aromatic heterocycles. The van der Waals surface area contributed by atoms with Crippen molar-refractivity contribution in [3.63, 3.8) is 0 Å². The fourth-order valence-electron chi connectivity index (χ4n) is 1.57. The third-order valence-electron chi connectivity index (χ3n) is 2.32. The predicted octanol–water partition coefficient (Wildman–Crippen LogP) is 2.39. The Balaban J connectivity index is 2.98. The molecule has 0 radical (unpaired) electrons. The highest BCUT2D eigenvalue weighted by Gasteiger charge is 2.24. The van der Waals surface area contributed by atoms with Gasteiger partial charge < -0.3 is 10.5 Å². The summed E-state index contributed by atoms with van der Waals surface area (Å²) in [4.78, 5) is 0. The number of ether oxygens (including phenoxy) is 1. The zero-order valence-corrected chi connectivity index (χ0v) is 8.62. The molecule has 0 spiro atoms. The van der Waals surface area contributed by atoms with Crippen LogP contribution in [0.4, 0.5) is 8.78 Å². The third kappa shape index (κ3) is 2.89. The molecule has 0 heterocycles. The van der Waals surface area contributed by atoms with Crippen LogP contribution in [-0.4, -0.2) is 20.1 Å². The lowest BCUT2D eigenvalue weighted by Gasteiger charge is -2.18. The normalized spacial score (nSPS) is 12.9. The average Bonchev–Trinajstić information content (AvgIpc) is 2.25. The Morgan fingerprint density at radius 1 is 1.33 bits per heavy atom. The molecule has 0 aliphatic heterocycles. The van der Waals surface area contributed by atoms with E-state index in [-0.39, 0.29) is 13.0 Å². The smallest absolute Gasteiger partial charge is 0.245 e. The molecule has 2 nitrogen and oxygen atoms in total. The number of rotatable bonds is 5. The van der Waals surface area contributed by atoms with E-state index < -0.39 is 12.3 Å². The largest absolute Gasteiger partial charge is 0.496 e. The van der Waals surface area contributed by atoms with Gasteiger partial charge in [0.15, 0.2) is 0 Å². The van der Waals surface area contributed by atoms with Crippen molar-refractivity contribution in [2.24, 2.45) is 5.73 Å². The molecule has 84 valence electrons. The molecule has 2 N–H and O–H groups in total. The second-order valence-corrected chi connectivity index (χ2v) is 3.26. The van der Waals surface area contributed by atoms with Crippen LogP contribution in [0.3, 0.4) is 0 Å². The minimum atomic E-state index is -2.41. The lowest BCUT2D eigenvalue weighted by Crippen LogP contribution is -2.15. The Morgan fingerprint density at radius 3 is 2.53 bits per heavy atom. The summed E-state index contributed by atoms with van der Waals surface area (Å²) < 4.78 is 30.6. The summed E-state index contributed by atoms with van der Waals surface area (Å²) in [6.45, 7) is 0.243. The zero-order chi connectivity index (χ0) is 11.3. The van der Waals surface area contributed by atoms with Crippen LogP contribution < -0.4 is 10.5 Å². The lowest BCUT2D eigenvalue weighted by molar-refractivity contribution is 0.109. The topological polar surface area (TPSA) is 35.2 Å². The molecule has 0 saturated heterocycles. The number of halogens is 2. The highest BCUT2D eigenvalue weighted by atomic mass is 19.3. The minimum absolute atomic E-state index is 0.243. The van der Waals surface area contributed by atoms with Crippen molar-refractivity contribution in [2.45, 2.75) is 18.8 Å². The fourth-order valence-corrected chi connectivity index (χ4v) is 1.57. The van der Waals surface area contributed by atoms with Crippen LogP contribution in [-0.2, 0) is 0 Å². The number of alkyl halides is 2. The number of benzene rings is 1. The van der Waals surface area contributed by atoms with Crippen LogP contribution in [0.1, 0.15) is 17.9 Å². The molecule has 15 heavy (non-hydrogen) atoms. The van der Waals surface area contributed by atoms with Gasteiger partial charge in [-0.25, -0.2) is 8.78 Å². The molecule has 0 fully saturated rings. The van der Waals surface area contributed by atoms with Crippen molar-refractivity contribution in [3.05, 3.63) is 29.8 Å². The summed E-state index contributed by atoms with van der Waals surface area (Å²) in [5.74, 6) is -0.345. The Hall–Kier alpha value is -1.16. The molecule has 0 aliphatic carbocycles. The predicted molar refractivity (Wildman–Crippen MR) is 55.4 cm³/mol. The quantitative estimate of drug-likeness (QED) is 0.818. The van der Waals surface area contributed by atoms with Crippen LogP contribution in [0.5, 0.6) is 5.75 Å². The number of hydrogen-bond acceptors (Lipinski definition) is 2. The van der Waals surface area contributed by atoms with Crippen LogP contribution in [0.15, 0.2) is 24.3 Å². The van der Waals surface area contributed by atoms with Gasteiger partial charge in [-0.05, 0) is 19.0 Å². The number of nitrogens with two attached hydrogens (primary N) is 1. The molecular weight excluding hydrogens is 200 g/mol. The van der Waals surface area contributed by atoms with Crippen LogP contribution in [0.25, 0.3) is 0 Å². The molecule has 0 amide bonds. The third-order valence-corrected chi connectivity index (χ3v) is 2.32. The van der Waals surface area contributed by atoms with Crippen LogP contribution >= 0.6 is 0 Å². The Kier molecular flexibility index (Phi) is 4.49. The van der Waals surface area contributed by atoms with E-state index in [2.05, 4.69) is 0 Å². The number of para-hydroxylation sites is 1. The maximum Gasteiger partial charge on any atom is 0.245 e. The van der Waals surface area contributed by atoms with Gasteiger partial charge in [0.05, 0.1) is 7.11 Å². The molecule has 1 rings (SSSR count). The first-order valence-corrected chi connectivity index (χ1v) is 4.81. The van der Waals surface area contributed by atoms with Crippen molar-refractivity contribution >= 4 is 0 Å². The summed E-state index contributed by atoms with van der Waals surface area (Å²) in [5.41, 5.74) is 5.85. The van der Waals surface area contributed by atoms with Crippen molar-refractivity contribution in [1.29, 1.82) is 0 Å². The van der Waals surface area contributed by atoms with E-state index in [1.807, 2.05) is 0 Å². The van der Waals surface area contributed by atoms with Gasteiger partial charge in [-0.15, -0.1) is 0 Å². The summed E-state index contributed by atoms with van der Waals surface area (Å²) in [5, 5.41) is 0. The summed E-state index contributed by atoms with van der Waals surface area (Å²) in [6.07, 6.45) is -2.15. The molecule has 1 aromatic rings. The van der Waals surface area contributed by atoms with Gasteiger partial charge in [0.25, 0.3) is 0 Å². The van der Waals surface area contributed by atoms with E-state index >= 15 is 0 Å². The monoisotopic (exact) mass is 215 g/mol. The Labute approximate surface area is 88.0 Å². The molecular formula is C11H15F2NO. The van der Waals surface area contributed by atoms with E-state index in [0.717, 1.165) is 0 Å². The Morgan fingerprint density at radius 2 is 2.00 bits per heavy atom. The van der Waals surface area contributed by atoms with E-state index in [0.29, 0.717) is 11.3 Å².